The van der Waals surface area contributed by atoms with Crippen LogP contribution in [0, 0.1) is 5.92 Å². The molecule has 2 rings (SSSR count). The van der Waals surface area contributed by atoms with Crippen LogP contribution < -0.4 is 5.32 Å². The molecule has 1 aromatic carbocycles. The predicted molar refractivity (Wildman–Crippen MR) is 81.4 cm³/mol. The van der Waals surface area contributed by atoms with Crippen LogP contribution in [0.15, 0.2) is 24.3 Å². The third kappa shape index (κ3) is 4.04. The fourth-order valence-electron chi connectivity index (χ4n) is 2.61. The molecule has 0 aromatic heterocycles. The number of benzene rings is 1. The van der Waals surface area contributed by atoms with Gasteiger partial charge in [-0.15, -0.1) is 0 Å². The molecule has 5 heteroatoms. The summed E-state index contributed by atoms with van der Waals surface area (Å²) in [6, 6.07) is 6.74. The van der Waals surface area contributed by atoms with Crippen molar-refractivity contribution in [1.29, 1.82) is 0 Å². The lowest BCUT2D eigenvalue weighted by Crippen LogP contribution is -2.44. The summed E-state index contributed by atoms with van der Waals surface area (Å²) < 4.78 is 0. The molecule has 2 amide bonds. The quantitative estimate of drug-likeness (QED) is 0.840. The summed E-state index contributed by atoms with van der Waals surface area (Å²) >= 11 is 0. The average Bonchev–Trinajstić information content (AvgIpc) is 2.47. The van der Waals surface area contributed by atoms with Gasteiger partial charge in [-0.2, -0.15) is 0 Å². The molecule has 0 bridgehead atoms. The molecule has 0 aliphatic carbocycles. The van der Waals surface area contributed by atoms with E-state index in [2.05, 4.69) is 5.32 Å². The molecule has 2 N–H and O–H groups in total. The number of amides is 2. The van der Waals surface area contributed by atoms with Crippen molar-refractivity contribution >= 4 is 17.5 Å². The number of rotatable bonds is 3. The van der Waals surface area contributed by atoms with E-state index in [1.165, 1.54) is 6.92 Å². The number of aliphatic hydroxyl groups excluding tert-OH is 1. The smallest absolute Gasteiger partial charge is 0.321 e. The highest BCUT2D eigenvalue weighted by Crippen LogP contribution is 2.21. The molecular formula is C16H22N2O3. The molecule has 1 saturated heterocycles. The highest BCUT2D eigenvalue weighted by Gasteiger charge is 2.26. The normalized spacial score (nSPS) is 20.0. The Hall–Kier alpha value is -1.88. The summed E-state index contributed by atoms with van der Waals surface area (Å²) in [5, 5.41) is 12.5. The summed E-state index contributed by atoms with van der Waals surface area (Å²) in [6.45, 7) is 4.53. The lowest BCUT2D eigenvalue weighted by molar-refractivity contribution is 0.0766. The van der Waals surface area contributed by atoms with Gasteiger partial charge in [0.2, 0.25) is 0 Å². The van der Waals surface area contributed by atoms with Crippen LogP contribution in [0.2, 0.25) is 0 Å². The second kappa shape index (κ2) is 6.72. The Morgan fingerprint density at radius 2 is 2.19 bits per heavy atom. The van der Waals surface area contributed by atoms with Crippen LogP contribution in [0.4, 0.5) is 10.5 Å². The van der Waals surface area contributed by atoms with Crippen LogP contribution in [0.5, 0.6) is 0 Å². The lowest BCUT2D eigenvalue weighted by atomic mass is 9.94. The first-order valence-electron chi connectivity index (χ1n) is 7.32. The number of anilines is 1. The Kier molecular flexibility index (Phi) is 4.96. The van der Waals surface area contributed by atoms with E-state index in [0.29, 0.717) is 24.3 Å². The van der Waals surface area contributed by atoms with Crippen LogP contribution in [0.1, 0.15) is 37.0 Å². The standard InChI is InChI=1S/C16H22N2O3/c1-11(19)13-5-3-7-15(9-13)17-16(21)18-8-4-6-14(10-18)12(2)20/h3,5,7,9,12,14,20H,4,6,8,10H2,1-2H3,(H,17,21). The second-order valence-corrected chi connectivity index (χ2v) is 5.66. The summed E-state index contributed by atoms with van der Waals surface area (Å²) in [6.07, 6.45) is 1.44. The molecular weight excluding hydrogens is 268 g/mol. The van der Waals surface area contributed by atoms with Crippen molar-refractivity contribution in [3.05, 3.63) is 29.8 Å². The largest absolute Gasteiger partial charge is 0.393 e. The molecule has 21 heavy (non-hydrogen) atoms. The van der Waals surface area contributed by atoms with E-state index in [1.807, 2.05) is 0 Å². The second-order valence-electron chi connectivity index (χ2n) is 5.66. The molecule has 2 atom stereocenters. The minimum atomic E-state index is -0.401. The monoisotopic (exact) mass is 290 g/mol. The van der Waals surface area contributed by atoms with Gasteiger partial charge in [0.15, 0.2) is 5.78 Å². The first-order chi connectivity index (χ1) is 9.97. The van der Waals surface area contributed by atoms with Crippen LogP contribution >= 0.6 is 0 Å². The Balaban J connectivity index is 2.01. The molecule has 114 valence electrons. The van der Waals surface area contributed by atoms with E-state index in [1.54, 1.807) is 36.1 Å². The van der Waals surface area contributed by atoms with Gasteiger partial charge in [0.05, 0.1) is 6.10 Å². The molecule has 1 aliphatic heterocycles. The van der Waals surface area contributed by atoms with Gasteiger partial charge in [-0.1, -0.05) is 12.1 Å². The van der Waals surface area contributed by atoms with Crippen LogP contribution in [0.25, 0.3) is 0 Å². The number of nitrogens with zero attached hydrogens (tertiary/aromatic N) is 1. The summed E-state index contributed by atoms with van der Waals surface area (Å²) in [5.74, 6) is 0.103. The van der Waals surface area contributed by atoms with E-state index < -0.39 is 6.10 Å². The SMILES string of the molecule is CC(=O)c1cccc(NC(=O)N2CCCC(C(C)O)C2)c1. The number of nitrogens with one attached hydrogen (secondary N) is 1. The topological polar surface area (TPSA) is 69.6 Å². The van der Waals surface area contributed by atoms with E-state index in [4.69, 9.17) is 0 Å². The van der Waals surface area contributed by atoms with Gasteiger partial charge < -0.3 is 15.3 Å². The lowest BCUT2D eigenvalue weighted by Gasteiger charge is -2.34. The number of urea groups is 1. The maximum Gasteiger partial charge on any atom is 0.321 e. The fourth-order valence-corrected chi connectivity index (χ4v) is 2.61. The number of likely N-dealkylation sites (tertiary alicyclic amines) is 1. The number of aliphatic hydroxyl groups is 1. The summed E-state index contributed by atoms with van der Waals surface area (Å²) in [5.41, 5.74) is 1.19. The van der Waals surface area contributed by atoms with Gasteiger partial charge in [0, 0.05) is 30.3 Å². The molecule has 2 unspecified atom stereocenters. The first-order valence-corrected chi connectivity index (χ1v) is 7.32. The van der Waals surface area contributed by atoms with Crippen molar-refractivity contribution in [2.75, 3.05) is 18.4 Å². The van der Waals surface area contributed by atoms with Gasteiger partial charge in [-0.25, -0.2) is 4.79 Å². The van der Waals surface area contributed by atoms with E-state index in [-0.39, 0.29) is 17.7 Å². The molecule has 0 radical (unpaired) electrons. The molecule has 5 nitrogen and oxygen atoms in total. The minimum absolute atomic E-state index is 0.0294. The zero-order valence-electron chi connectivity index (χ0n) is 12.5. The first kappa shape index (κ1) is 15.5. The molecule has 1 aliphatic rings. The number of Topliss-reactive ketones (excluding diaryl/α,β-unsaturated/α-hetero) is 1. The Bertz CT molecular complexity index is 528. The number of carbonyl (C=O) groups excluding carboxylic acids is 2. The van der Waals surface area contributed by atoms with Gasteiger partial charge in [0.25, 0.3) is 0 Å². The number of piperidine rings is 1. The van der Waals surface area contributed by atoms with Crippen molar-refractivity contribution in [2.24, 2.45) is 5.92 Å². The zero-order chi connectivity index (χ0) is 15.4. The third-order valence-corrected chi connectivity index (χ3v) is 3.95. The van der Waals surface area contributed by atoms with Crippen LogP contribution in [-0.2, 0) is 0 Å². The molecule has 0 spiro atoms. The van der Waals surface area contributed by atoms with Gasteiger partial charge in [-0.05, 0) is 38.8 Å². The number of carbonyl (C=O) groups is 2. The van der Waals surface area contributed by atoms with Crippen molar-refractivity contribution in [3.63, 3.8) is 0 Å². The van der Waals surface area contributed by atoms with Crippen molar-refractivity contribution < 1.29 is 14.7 Å². The van der Waals surface area contributed by atoms with Crippen LogP contribution in [-0.4, -0.2) is 41.0 Å². The third-order valence-electron chi connectivity index (χ3n) is 3.95. The highest BCUT2D eigenvalue weighted by atomic mass is 16.3. The number of hydrogen-bond donors (Lipinski definition) is 2. The maximum absolute atomic E-state index is 12.3. The summed E-state index contributed by atoms with van der Waals surface area (Å²) in [4.78, 5) is 25.3. The minimum Gasteiger partial charge on any atom is -0.393 e. The van der Waals surface area contributed by atoms with Gasteiger partial charge in [0.1, 0.15) is 0 Å². The summed E-state index contributed by atoms with van der Waals surface area (Å²) in [7, 11) is 0. The highest BCUT2D eigenvalue weighted by molar-refractivity contribution is 5.96. The van der Waals surface area contributed by atoms with E-state index in [9.17, 15) is 14.7 Å². The maximum atomic E-state index is 12.3. The molecule has 1 aromatic rings. The van der Waals surface area contributed by atoms with E-state index in [0.717, 1.165) is 12.8 Å². The fraction of sp³-hybridized carbons (Fsp3) is 0.500. The Morgan fingerprint density at radius 1 is 1.43 bits per heavy atom. The number of ketones is 1. The van der Waals surface area contributed by atoms with Crippen molar-refractivity contribution in [1.82, 2.24) is 4.90 Å². The van der Waals surface area contributed by atoms with Crippen LogP contribution in [0.3, 0.4) is 0 Å². The average molecular weight is 290 g/mol. The van der Waals surface area contributed by atoms with Gasteiger partial charge >= 0.3 is 6.03 Å². The molecule has 1 fully saturated rings. The number of hydrogen-bond acceptors (Lipinski definition) is 3. The molecule has 1 heterocycles. The Labute approximate surface area is 125 Å². The van der Waals surface area contributed by atoms with Gasteiger partial charge in [-0.3, -0.25) is 4.79 Å². The molecule has 0 saturated carbocycles. The zero-order valence-corrected chi connectivity index (χ0v) is 12.5. The predicted octanol–water partition coefficient (Wildman–Crippen LogP) is 2.51. The van der Waals surface area contributed by atoms with Crippen molar-refractivity contribution in [3.8, 4) is 0 Å². The van der Waals surface area contributed by atoms with E-state index >= 15 is 0 Å². The van der Waals surface area contributed by atoms with Crippen molar-refractivity contribution in [2.45, 2.75) is 32.8 Å². The Morgan fingerprint density at radius 3 is 2.86 bits per heavy atom.